The first-order valence-corrected chi connectivity index (χ1v) is 10.6. The third-order valence-corrected chi connectivity index (χ3v) is 5.74. The molecule has 1 saturated carbocycles. The van der Waals surface area contributed by atoms with E-state index in [1.54, 1.807) is 18.2 Å². The van der Waals surface area contributed by atoms with Crippen LogP contribution in [0.2, 0.25) is 0 Å². The van der Waals surface area contributed by atoms with Gasteiger partial charge in [-0.1, -0.05) is 37.5 Å². The number of nitro groups is 1. The molecule has 1 amide bonds. The Morgan fingerprint density at radius 2 is 2.00 bits per heavy atom. The maximum atomic E-state index is 12.8. The summed E-state index contributed by atoms with van der Waals surface area (Å²) in [6.45, 7) is 4.36. The van der Waals surface area contributed by atoms with Gasteiger partial charge in [0, 0.05) is 37.7 Å². The van der Waals surface area contributed by atoms with Crippen molar-refractivity contribution in [1.82, 2.24) is 15.5 Å². The van der Waals surface area contributed by atoms with Gasteiger partial charge in [0.2, 0.25) is 5.91 Å². The summed E-state index contributed by atoms with van der Waals surface area (Å²) in [6, 6.07) is 6.81. The summed E-state index contributed by atoms with van der Waals surface area (Å²) in [7, 11) is 0. The number of benzene rings is 1. The molecule has 2 N–H and O–H groups in total. The molecule has 2 fully saturated rings. The molecule has 1 aliphatic heterocycles. The molecule has 1 atom stereocenters. The predicted octanol–water partition coefficient (Wildman–Crippen LogP) is 2.83. The molecule has 2 aliphatic rings. The zero-order valence-corrected chi connectivity index (χ0v) is 17.1. The molecule has 1 saturated heterocycles. The third kappa shape index (κ3) is 5.68. The van der Waals surface area contributed by atoms with Crippen LogP contribution in [-0.2, 0) is 11.3 Å². The molecule has 1 unspecified atom stereocenters. The summed E-state index contributed by atoms with van der Waals surface area (Å²) in [5, 5.41) is 17.8. The quantitative estimate of drug-likeness (QED) is 0.330. The van der Waals surface area contributed by atoms with Crippen molar-refractivity contribution in [1.29, 1.82) is 0 Å². The van der Waals surface area contributed by atoms with Crippen molar-refractivity contribution >= 4 is 17.6 Å². The SMILES string of the molecule is CCNC(=NCc1ccccc1[N+](=O)[O-])NC1CCN(C(=O)C2CCCCC2)C1. The lowest BCUT2D eigenvalue weighted by Crippen LogP contribution is -2.45. The minimum absolute atomic E-state index is 0.0808. The van der Waals surface area contributed by atoms with Crippen LogP contribution < -0.4 is 10.6 Å². The molecule has 3 rings (SSSR count). The van der Waals surface area contributed by atoms with Gasteiger partial charge in [0.25, 0.3) is 5.69 Å². The van der Waals surface area contributed by atoms with Gasteiger partial charge >= 0.3 is 0 Å². The largest absolute Gasteiger partial charge is 0.357 e. The number of nitro benzene ring substituents is 1. The predicted molar refractivity (Wildman–Crippen MR) is 113 cm³/mol. The first-order valence-electron chi connectivity index (χ1n) is 10.6. The number of likely N-dealkylation sites (tertiary alicyclic amines) is 1. The average molecular weight is 402 g/mol. The Labute approximate surface area is 171 Å². The molecule has 29 heavy (non-hydrogen) atoms. The number of hydrogen-bond donors (Lipinski definition) is 2. The Morgan fingerprint density at radius 3 is 2.72 bits per heavy atom. The summed E-state index contributed by atoms with van der Waals surface area (Å²) in [5.74, 6) is 1.13. The Balaban J connectivity index is 1.58. The van der Waals surface area contributed by atoms with Crippen LogP contribution in [0.3, 0.4) is 0 Å². The third-order valence-electron chi connectivity index (χ3n) is 5.74. The minimum Gasteiger partial charge on any atom is -0.357 e. The Kier molecular flexibility index (Phi) is 7.43. The zero-order valence-electron chi connectivity index (χ0n) is 17.1. The standard InChI is InChI=1S/C21H31N5O3/c1-2-22-21(23-14-17-10-6-7-11-19(17)26(28)29)24-18-12-13-25(15-18)20(27)16-8-4-3-5-9-16/h6-7,10-11,16,18H,2-5,8-9,12-15H2,1H3,(H2,22,23,24). The number of hydrogen-bond acceptors (Lipinski definition) is 4. The summed E-state index contributed by atoms with van der Waals surface area (Å²) < 4.78 is 0. The molecule has 8 heteroatoms. The molecule has 0 radical (unpaired) electrons. The van der Waals surface area contributed by atoms with Crippen LogP contribution in [0.5, 0.6) is 0 Å². The monoisotopic (exact) mass is 401 g/mol. The number of carbonyl (C=O) groups excluding carboxylic acids is 1. The van der Waals surface area contributed by atoms with Gasteiger partial charge in [0.1, 0.15) is 0 Å². The molecule has 0 aromatic heterocycles. The lowest BCUT2D eigenvalue weighted by molar-refractivity contribution is -0.385. The molecular formula is C21H31N5O3. The first-order chi connectivity index (χ1) is 14.1. The van der Waals surface area contributed by atoms with E-state index in [0.29, 0.717) is 30.5 Å². The van der Waals surface area contributed by atoms with Crippen molar-refractivity contribution in [2.75, 3.05) is 19.6 Å². The zero-order chi connectivity index (χ0) is 20.6. The van der Waals surface area contributed by atoms with E-state index < -0.39 is 0 Å². The molecule has 1 aromatic carbocycles. The fourth-order valence-corrected chi connectivity index (χ4v) is 4.19. The summed E-state index contributed by atoms with van der Waals surface area (Å²) >= 11 is 0. The number of rotatable bonds is 6. The number of guanidine groups is 1. The van der Waals surface area contributed by atoms with Gasteiger partial charge in [-0.05, 0) is 26.2 Å². The van der Waals surface area contributed by atoms with Crippen LogP contribution in [0, 0.1) is 16.0 Å². The van der Waals surface area contributed by atoms with Gasteiger partial charge in [-0.3, -0.25) is 14.9 Å². The van der Waals surface area contributed by atoms with Crippen molar-refractivity contribution < 1.29 is 9.72 Å². The van der Waals surface area contributed by atoms with Crippen molar-refractivity contribution in [3.8, 4) is 0 Å². The summed E-state index contributed by atoms with van der Waals surface area (Å²) in [6.07, 6.45) is 6.49. The second kappa shape index (κ2) is 10.2. The number of aliphatic imine (C=N–C) groups is 1. The molecule has 1 aliphatic carbocycles. The highest BCUT2D eigenvalue weighted by molar-refractivity contribution is 5.81. The molecular weight excluding hydrogens is 370 g/mol. The van der Waals surface area contributed by atoms with E-state index in [2.05, 4.69) is 15.6 Å². The molecule has 0 spiro atoms. The highest BCUT2D eigenvalue weighted by Gasteiger charge is 2.31. The lowest BCUT2D eigenvalue weighted by atomic mass is 9.88. The van der Waals surface area contributed by atoms with Crippen molar-refractivity contribution in [2.45, 2.75) is 58.0 Å². The first kappa shape index (κ1) is 21.1. The topological polar surface area (TPSA) is 99.9 Å². The van der Waals surface area contributed by atoms with Gasteiger partial charge in [0.05, 0.1) is 17.0 Å². The fraction of sp³-hybridized carbons (Fsp3) is 0.619. The van der Waals surface area contributed by atoms with Crippen LogP contribution in [0.25, 0.3) is 0 Å². The Bertz CT molecular complexity index is 746. The molecule has 1 aromatic rings. The van der Waals surface area contributed by atoms with Gasteiger partial charge < -0.3 is 15.5 Å². The van der Waals surface area contributed by atoms with Gasteiger partial charge in [0.15, 0.2) is 5.96 Å². The van der Waals surface area contributed by atoms with E-state index in [0.717, 1.165) is 38.6 Å². The van der Waals surface area contributed by atoms with Crippen LogP contribution in [0.1, 0.15) is 51.0 Å². The molecule has 0 bridgehead atoms. The van der Waals surface area contributed by atoms with Gasteiger partial charge in [-0.2, -0.15) is 0 Å². The molecule has 1 heterocycles. The molecule has 8 nitrogen and oxygen atoms in total. The summed E-state index contributed by atoms with van der Waals surface area (Å²) in [4.78, 5) is 30.1. The summed E-state index contributed by atoms with van der Waals surface area (Å²) in [5.41, 5.74) is 0.660. The van der Waals surface area contributed by atoms with Crippen LogP contribution >= 0.6 is 0 Å². The second-order valence-corrected chi connectivity index (χ2v) is 7.83. The minimum atomic E-state index is -0.378. The van der Waals surface area contributed by atoms with Crippen molar-refractivity contribution in [3.05, 3.63) is 39.9 Å². The number of carbonyl (C=O) groups is 1. The van der Waals surface area contributed by atoms with Crippen LogP contribution in [-0.4, -0.2) is 47.4 Å². The van der Waals surface area contributed by atoms with E-state index in [9.17, 15) is 14.9 Å². The average Bonchev–Trinajstić information content (AvgIpc) is 3.21. The fourth-order valence-electron chi connectivity index (χ4n) is 4.19. The van der Waals surface area contributed by atoms with E-state index in [1.165, 1.54) is 12.5 Å². The number of nitrogens with one attached hydrogen (secondary N) is 2. The lowest BCUT2D eigenvalue weighted by Gasteiger charge is -2.26. The second-order valence-electron chi connectivity index (χ2n) is 7.83. The van der Waals surface area contributed by atoms with Crippen molar-refractivity contribution in [2.24, 2.45) is 10.9 Å². The normalized spacial score (nSPS) is 20.5. The number of amides is 1. The van der Waals surface area contributed by atoms with E-state index in [-0.39, 0.29) is 29.1 Å². The highest BCUT2D eigenvalue weighted by Crippen LogP contribution is 2.26. The number of para-hydroxylation sites is 1. The highest BCUT2D eigenvalue weighted by atomic mass is 16.6. The van der Waals surface area contributed by atoms with Crippen molar-refractivity contribution in [3.63, 3.8) is 0 Å². The maximum absolute atomic E-state index is 12.8. The van der Waals surface area contributed by atoms with E-state index >= 15 is 0 Å². The Hall–Kier alpha value is -2.64. The molecule has 158 valence electrons. The van der Waals surface area contributed by atoms with E-state index in [1.807, 2.05) is 11.8 Å². The van der Waals surface area contributed by atoms with E-state index in [4.69, 9.17) is 0 Å². The maximum Gasteiger partial charge on any atom is 0.274 e. The van der Waals surface area contributed by atoms with Crippen LogP contribution in [0.15, 0.2) is 29.3 Å². The van der Waals surface area contributed by atoms with Gasteiger partial charge in [-0.15, -0.1) is 0 Å². The van der Waals surface area contributed by atoms with Crippen LogP contribution in [0.4, 0.5) is 5.69 Å². The number of nitrogens with zero attached hydrogens (tertiary/aromatic N) is 3. The Morgan fingerprint density at radius 1 is 1.24 bits per heavy atom. The van der Waals surface area contributed by atoms with Gasteiger partial charge in [-0.25, -0.2) is 4.99 Å². The smallest absolute Gasteiger partial charge is 0.274 e.